The number of nitrogens with one attached hydrogen (secondary N) is 1. The van der Waals surface area contributed by atoms with Crippen LogP contribution in [-0.4, -0.2) is 30.3 Å². The van der Waals surface area contributed by atoms with Gasteiger partial charge in [-0.3, -0.25) is 4.79 Å². The molecule has 7 heteroatoms. The van der Waals surface area contributed by atoms with Crippen LogP contribution in [0.25, 0.3) is 0 Å². The number of thiophene rings is 1. The molecule has 0 aliphatic rings. The summed E-state index contributed by atoms with van der Waals surface area (Å²) in [5.41, 5.74) is 0. The van der Waals surface area contributed by atoms with Crippen molar-refractivity contribution in [3.63, 3.8) is 0 Å². The summed E-state index contributed by atoms with van der Waals surface area (Å²) in [6, 6.07) is 1.32. The highest BCUT2D eigenvalue weighted by Gasteiger charge is 2.19. The summed E-state index contributed by atoms with van der Waals surface area (Å²) in [6.07, 6.45) is 0.129. The Morgan fingerprint density at radius 2 is 2.26 bits per heavy atom. The summed E-state index contributed by atoms with van der Waals surface area (Å²) >= 11 is 1.01. The Bertz CT molecular complexity index is 411. The minimum atomic E-state index is -2.97. The highest BCUT2D eigenvalue weighted by molar-refractivity contribution is 7.12. The fraction of sp³-hybridized carbons (Fsp3) is 0.583. The van der Waals surface area contributed by atoms with E-state index in [1.54, 1.807) is 0 Å². The molecule has 0 saturated carbocycles. The van der Waals surface area contributed by atoms with Crippen molar-refractivity contribution >= 4 is 17.2 Å². The molecule has 0 aromatic carbocycles. The largest absolute Gasteiger partial charge is 0.433 e. The number of amides is 1. The van der Waals surface area contributed by atoms with Crippen LogP contribution < -0.4 is 10.1 Å². The van der Waals surface area contributed by atoms with Gasteiger partial charge in [-0.25, -0.2) is 0 Å². The second-order valence-corrected chi connectivity index (χ2v) is 5.07. The van der Waals surface area contributed by atoms with Gasteiger partial charge in [0.1, 0.15) is 10.6 Å². The van der Waals surface area contributed by atoms with Crippen LogP contribution in [0.3, 0.4) is 0 Å². The van der Waals surface area contributed by atoms with E-state index in [0.717, 1.165) is 17.8 Å². The predicted octanol–water partition coefficient (Wildman–Crippen LogP) is 2.49. The van der Waals surface area contributed by atoms with Gasteiger partial charge < -0.3 is 15.2 Å². The van der Waals surface area contributed by atoms with Crippen LogP contribution in [-0.2, 0) is 0 Å². The van der Waals surface area contributed by atoms with E-state index in [0.29, 0.717) is 0 Å². The lowest BCUT2D eigenvalue weighted by Gasteiger charge is -2.17. The highest BCUT2D eigenvalue weighted by Crippen LogP contribution is 2.26. The standard InChI is InChI=1S/C12H17F2NO3S/c1-3-7(2)8(16)6-15-11(17)10-9(4-5-19-10)18-12(13)14/h4-5,7-8,12,16H,3,6H2,1-2H3,(H,15,17). The molecule has 108 valence electrons. The fourth-order valence-corrected chi connectivity index (χ4v) is 2.14. The van der Waals surface area contributed by atoms with E-state index >= 15 is 0 Å². The van der Waals surface area contributed by atoms with Crippen LogP contribution in [0, 0.1) is 5.92 Å². The summed E-state index contributed by atoms with van der Waals surface area (Å²) < 4.78 is 28.5. The summed E-state index contributed by atoms with van der Waals surface area (Å²) in [5.74, 6) is -0.607. The molecule has 0 bridgehead atoms. The Labute approximate surface area is 114 Å². The lowest BCUT2D eigenvalue weighted by atomic mass is 10.0. The first-order valence-electron chi connectivity index (χ1n) is 5.94. The molecule has 1 aromatic rings. The average Bonchev–Trinajstić information content (AvgIpc) is 2.81. The maximum Gasteiger partial charge on any atom is 0.387 e. The van der Waals surface area contributed by atoms with E-state index in [4.69, 9.17) is 0 Å². The molecule has 0 aliphatic carbocycles. The number of carbonyl (C=O) groups is 1. The van der Waals surface area contributed by atoms with Gasteiger partial charge in [0.2, 0.25) is 0 Å². The first-order chi connectivity index (χ1) is 8.95. The van der Waals surface area contributed by atoms with Gasteiger partial charge in [0.15, 0.2) is 0 Å². The molecule has 2 unspecified atom stereocenters. The number of hydrogen-bond acceptors (Lipinski definition) is 4. The number of rotatable bonds is 7. The first kappa shape index (κ1) is 15.8. The quantitative estimate of drug-likeness (QED) is 0.812. The van der Waals surface area contributed by atoms with E-state index < -0.39 is 18.6 Å². The molecule has 1 rings (SSSR count). The first-order valence-corrected chi connectivity index (χ1v) is 6.82. The second-order valence-electron chi connectivity index (χ2n) is 4.16. The van der Waals surface area contributed by atoms with Gasteiger partial charge in [-0.15, -0.1) is 11.3 Å². The van der Waals surface area contributed by atoms with Gasteiger partial charge in [-0.2, -0.15) is 8.78 Å². The van der Waals surface area contributed by atoms with Gasteiger partial charge in [0.05, 0.1) is 6.10 Å². The number of halogens is 2. The third-order valence-corrected chi connectivity index (χ3v) is 3.72. The zero-order valence-corrected chi connectivity index (χ0v) is 11.5. The number of carbonyl (C=O) groups excluding carboxylic acids is 1. The lowest BCUT2D eigenvalue weighted by Crippen LogP contribution is -2.35. The third kappa shape index (κ3) is 4.76. The van der Waals surface area contributed by atoms with Gasteiger partial charge in [0, 0.05) is 6.54 Å². The van der Waals surface area contributed by atoms with Crippen LogP contribution in [0.15, 0.2) is 11.4 Å². The third-order valence-electron chi connectivity index (χ3n) is 2.82. The van der Waals surface area contributed by atoms with Crippen molar-refractivity contribution in [3.8, 4) is 5.75 Å². The topological polar surface area (TPSA) is 58.6 Å². The molecule has 19 heavy (non-hydrogen) atoms. The number of alkyl halides is 2. The number of aliphatic hydroxyl groups excluding tert-OH is 1. The van der Waals surface area contributed by atoms with Crippen LogP contribution in [0.2, 0.25) is 0 Å². The van der Waals surface area contributed by atoms with E-state index in [2.05, 4.69) is 10.1 Å². The maximum atomic E-state index is 12.1. The Morgan fingerprint density at radius 1 is 1.58 bits per heavy atom. The molecule has 4 nitrogen and oxygen atoms in total. The molecule has 0 saturated heterocycles. The second kappa shape index (κ2) is 7.40. The Morgan fingerprint density at radius 3 is 2.84 bits per heavy atom. The molecule has 0 fully saturated rings. The molecule has 1 aromatic heterocycles. The van der Waals surface area contributed by atoms with Crippen LogP contribution in [0.5, 0.6) is 5.75 Å². The molecule has 2 N–H and O–H groups in total. The average molecular weight is 293 g/mol. The van der Waals surface area contributed by atoms with Crippen molar-refractivity contribution < 1.29 is 23.4 Å². The van der Waals surface area contributed by atoms with Crippen LogP contribution in [0.1, 0.15) is 29.9 Å². The fourth-order valence-electron chi connectivity index (χ4n) is 1.40. The minimum absolute atomic E-state index is 0.0559. The van der Waals surface area contributed by atoms with Crippen molar-refractivity contribution in [2.24, 2.45) is 5.92 Å². The van der Waals surface area contributed by atoms with Crippen LogP contribution in [0.4, 0.5) is 8.78 Å². The van der Waals surface area contributed by atoms with Gasteiger partial charge >= 0.3 is 6.61 Å². The predicted molar refractivity (Wildman–Crippen MR) is 68.7 cm³/mol. The summed E-state index contributed by atoms with van der Waals surface area (Å²) in [6.45, 7) is 0.920. The van der Waals surface area contributed by atoms with Crippen molar-refractivity contribution in [1.82, 2.24) is 5.32 Å². The maximum absolute atomic E-state index is 12.1. The summed E-state index contributed by atoms with van der Waals surface area (Å²) in [5, 5.41) is 13.7. The van der Waals surface area contributed by atoms with Crippen LogP contribution >= 0.6 is 11.3 Å². The zero-order chi connectivity index (χ0) is 14.4. The normalized spacial score (nSPS) is 14.2. The Kier molecular flexibility index (Phi) is 6.17. The van der Waals surface area contributed by atoms with Crippen molar-refractivity contribution in [2.45, 2.75) is 33.0 Å². The van der Waals surface area contributed by atoms with Gasteiger partial charge in [0.25, 0.3) is 5.91 Å². The molecule has 1 heterocycles. The van der Waals surface area contributed by atoms with Gasteiger partial charge in [-0.05, 0) is 17.4 Å². The smallest absolute Gasteiger partial charge is 0.387 e. The van der Waals surface area contributed by atoms with E-state index in [1.807, 2.05) is 13.8 Å². The van der Waals surface area contributed by atoms with E-state index in [-0.39, 0.29) is 23.1 Å². The summed E-state index contributed by atoms with van der Waals surface area (Å²) in [7, 11) is 0. The molecule has 0 radical (unpaired) electrons. The van der Waals surface area contributed by atoms with Crippen molar-refractivity contribution in [2.75, 3.05) is 6.54 Å². The molecular formula is C12H17F2NO3S. The van der Waals surface area contributed by atoms with E-state index in [9.17, 15) is 18.7 Å². The zero-order valence-electron chi connectivity index (χ0n) is 10.7. The monoisotopic (exact) mass is 293 g/mol. The molecule has 1 amide bonds. The molecule has 2 atom stereocenters. The Hall–Kier alpha value is -1.21. The Balaban J connectivity index is 2.56. The number of aliphatic hydroxyl groups is 1. The number of hydrogen-bond donors (Lipinski definition) is 2. The SMILES string of the molecule is CCC(C)C(O)CNC(=O)c1sccc1OC(F)F. The molecular weight excluding hydrogens is 276 g/mol. The summed E-state index contributed by atoms with van der Waals surface area (Å²) in [4.78, 5) is 11.9. The number of ether oxygens (including phenoxy) is 1. The van der Waals surface area contributed by atoms with Crippen molar-refractivity contribution in [1.29, 1.82) is 0 Å². The van der Waals surface area contributed by atoms with Crippen molar-refractivity contribution in [3.05, 3.63) is 16.3 Å². The lowest BCUT2D eigenvalue weighted by molar-refractivity contribution is -0.0498. The highest BCUT2D eigenvalue weighted by atomic mass is 32.1. The van der Waals surface area contributed by atoms with Gasteiger partial charge in [-0.1, -0.05) is 20.3 Å². The molecule has 0 aliphatic heterocycles. The molecule has 0 spiro atoms. The minimum Gasteiger partial charge on any atom is -0.433 e. The van der Waals surface area contributed by atoms with E-state index in [1.165, 1.54) is 11.4 Å².